The number of piperazine rings is 1. The Morgan fingerprint density at radius 2 is 1.83 bits per heavy atom. The molecular formula is C23H30N4O2. The summed E-state index contributed by atoms with van der Waals surface area (Å²) in [4.78, 5) is 24.0. The van der Waals surface area contributed by atoms with Gasteiger partial charge in [0.2, 0.25) is 0 Å². The SMILES string of the molecule is COc1ccccc1N1CCN(c2cncc(C(=O)N3CCCC(C)C3)c2)CC1. The van der Waals surface area contributed by atoms with E-state index in [2.05, 4.69) is 27.8 Å². The number of carbonyl (C=O) groups excluding carboxylic acids is 1. The monoisotopic (exact) mass is 394 g/mol. The zero-order chi connectivity index (χ0) is 20.2. The zero-order valence-corrected chi connectivity index (χ0v) is 17.4. The molecule has 1 atom stereocenters. The lowest BCUT2D eigenvalue weighted by Crippen LogP contribution is -2.46. The zero-order valence-electron chi connectivity index (χ0n) is 17.4. The van der Waals surface area contributed by atoms with Crippen molar-refractivity contribution in [1.29, 1.82) is 0 Å². The minimum Gasteiger partial charge on any atom is -0.495 e. The maximum Gasteiger partial charge on any atom is 0.255 e. The number of para-hydroxylation sites is 2. The van der Waals surface area contributed by atoms with Crippen molar-refractivity contribution in [3.8, 4) is 5.75 Å². The third kappa shape index (κ3) is 4.31. The molecule has 6 nitrogen and oxygen atoms in total. The van der Waals surface area contributed by atoms with Crippen molar-refractivity contribution in [2.24, 2.45) is 5.92 Å². The van der Waals surface area contributed by atoms with Crippen LogP contribution in [0.2, 0.25) is 0 Å². The number of pyridine rings is 1. The molecule has 0 radical (unpaired) electrons. The highest BCUT2D eigenvalue weighted by molar-refractivity contribution is 5.94. The molecule has 2 fully saturated rings. The first-order chi connectivity index (χ1) is 14.2. The van der Waals surface area contributed by atoms with Crippen LogP contribution >= 0.6 is 0 Å². The van der Waals surface area contributed by atoms with Crippen molar-refractivity contribution in [1.82, 2.24) is 9.88 Å². The van der Waals surface area contributed by atoms with Crippen LogP contribution in [0.4, 0.5) is 11.4 Å². The molecule has 2 aliphatic rings. The molecule has 0 spiro atoms. The number of hydrogen-bond acceptors (Lipinski definition) is 5. The van der Waals surface area contributed by atoms with Crippen molar-refractivity contribution < 1.29 is 9.53 Å². The summed E-state index contributed by atoms with van der Waals surface area (Å²) in [6.07, 6.45) is 5.87. The van der Waals surface area contributed by atoms with E-state index in [0.29, 0.717) is 11.5 Å². The number of piperidine rings is 1. The smallest absolute Gasteiger partial charge is 0.255 e. The standard InChI is InChI=1S/C23H30N4O2/c1-18-6-5-9-27(17-18)23(28)19-14-20(16-24-15-19)25-10-12-26(13-11-25)21-7-3-4-8-22(21)29-2/h3-4,7-8,14-16,18H,5-6,9-13,17H2,1-2H3. The largest absolute Gasteiger partial charge is 0.495 e. The highest BCUT2D eigenvalue weighted by Gasteiger charge is 2.24. The molecule has 1 unspecified atom stereocenters. The maximum absolute atomic E-state index is 12.9. The van der Waals surface area contributed by atoms with Crippen molar-refractivity contribution in [2.45, 2.75) is 19.8 Å². The second-order valence-electron chi connectivity index (χ2n) is 8.08. The lowest BCUT2D eigenvalue weighted by Gasteiger charge is -2.37. The van der Waals surface area contributed by atoms with Gasteiger partial charge in [0, 0.05) is 45.5 Å². The van der Waals surface area contributed by atoms with Crippen LogP contribution in [0.25, 0.3) is 0 Å². The summed E-state index contributed by atoms with van der Waals surface area (Å²) < 4.78 is 5.51. The lowest BCUT2D eigenvalue weighted by molar-refractivity contribution is 0.0682. The van der Waals surface area contributed by atoms with Crippen LogP contribution in [0.3, 0.4) is 0 Å². The molecule has 3 heterocycles. The topological polar surface area (TPSA) is 48.9 Å². The van der Waals surface area contributed by atoms with E-state index in [1.165, 1.54) is 6.42 Å². The third-order valence-electron chi connectivity index (χ3n) is 5.99. The fourth-order valence-corrected chi connectivity index (χ4v) is 4.37. The van der Waals surface area contributed by atoms with Crippen LogP contribution in [-0.4, -0.2) is 62.2 Å². The third-order valence-corrected chi connectivity index (χ3v) is 5.99. The van der Waals surface area contributed by atoms with Gasteiger partial charge in [0.25, 0.3) is 5.91 Å². The Bertz CT molecular complexity index is 848. The highest BCUT2D eigenvalue weighted by atomic mass is 16.5. The predicted octanol–water partition coefficient (Wildman–Crippen LogP) is 3.29. The fourth-order valence-electron chi connectivity index (χ4n) is 4.37. The van der Waals surface area contributed by atoms with Crippen molar-refractivity contribution in [2.75, 3.05) is 56.2 Å². The first kappa shape index (κ1) is 19.6. The molecule has 6 heteroatoms. The summed E-state index contributed by atoms with van der Waals surface area (Å²) in [7, 11) is 1.71. The quantitative estimate of drug-likeness (QED) is 0.796. The van der Waals surface area contributed by atoms with Gasteiger partial charge in [-0.3, -0.25) is 9.78 Å². The van der Waals surface area contributed by atoms with E-state index in [1.54, 1.807) is 13.3 Å². The average Bonchev–Trinajstić information content (AvgIpc) is 2.79. The minimum absolute atomic E-state index is 0.110. The van der Waals surface area contributed by atoms with E-state index in [4.69, 9.17) is 4.74 Å². The molecule has 1 amide bonds. The lowest BCUT2D eigenvalue weighted by atomic mass is 10.00. The number of hydrogen-bond donors (Lipinski definition) is 0. The Morgan fingerprint density at radius 1 is 1.07 bits per heavy atom. The van der Waals surface area contributed by atoms with Gasteiger partial charge in [-0.25, -0.2) is 0 Å². The van der Waals surface area contributed by atoms with Crippen molar-refractivity contribution in [3.63, 3.8) is 0 Å². The van der Waals surface area contributed by atoms with E-state index >= 15 is 0 Å². The number of ether oxygens (including phenoxy) is 1. The van der Waals surface area contributed by atoms with Gasteiger partial charge >= 0.3 is 0 Å². The van der Waals surface area contributed by atoms with Gasteiger partial charge in [0.05, 0.1) is 30.2 Å². The molecule has 0 saturated carbocycles. The molecule has 0 bridgehead atoms. The van der Waals surface area contributed by atoms with Gasteiger partial charge in [-0.05, 0) is 37.0 Å². The molecule has 2 aromatic rings. The number of likely N-dealkylation sites (tertiary alicyclic amines) is 1. The van der Waals surface area contributed by atoms with Crippen LogP contribution < -0.4 is 14.5 Å². The van der Waals surface area contributed by atoms with Gasteiger partial charge in [-0.15, -0.1) is 0 Å². The normalized spacial score (nSPS) is 19.9. The van der Waals surface area contributed by atoms with E-state index < -0.39 is 0 Å². The Kier molecular flexibility index (Phi) is 5.88. The first-order valence-electron chi connectivity index (χ1n) is 10.5. The summed E-state index contributed by atoms with van der Waals surface area (Å²) in [6, 6.07) is 10.2. The molecule has 1 aromatic heterocycles. The van der Waals surface area contributed by atoms with Crippen molar-refractivity contribution in [3.05, 3.63) is 48.3 Å². The number of methoxy groups -OCH3 is 1. The van der Waals surface area contributed by atoms with Crippen LogP contribution in [0.5, 0.6) is 5.75 Å². The van der Waals surface area contributed by atoms with Gasteiger partial charge in [0.15, 0.2) is 0 Å². The van der Waals surface area contributed by atoms with Gasteiger partial charge in [-0.2, -0.15) is 0 Å². The summed E-state index contributed by atoms with van der Waals surface area (Å²) in [5.41, 5.74) is 2.86. The summed E-state index contributed by atoms with van der Waals surface area (Å²) in [5.74, 6) is 1.59. The molecule has 0 N–H and O–H groups in total. The molecule has 29 heavy (non-hydrogen) atoms. The summed E-state index contributed by atoms with van der Waals surface area (Å²) >= 11 is 0. The molecule has 0 aliphatic carbocycles. The average molecular weight is 395 g/mol. The van der Waals surface area contributed by atoms with Crippen LogP contribution in [0.1, 0.15) is 30.1 Å². The Hall–Kier alpha value is -2.76. The molecular weight excluding hydrogens is 364 g/mol. The van der Waals surface area contributed by atoms with Gasteiger partial charge in [-0.1, -0.05) is 19.1 Å². The van der Waals surface area contributed by atoms with Crippen LogP contribution in [0.15, 0.2) is 42.7 Å². The molecule has 2 aliphatic heterocycles. The van der Waals surface area contributed by atoms with E-state index in [1.807, 2.05) is 35.4 Å². The van der Waals surface area contributed by atoms with Gasteiger partial charge in [0.1, 0.15) is 5.75 Å². The van der Waals surface area contributed by atoms with E-state index in [0.717, 1.165) is 62.8 Å². The van der Waals surface area contributed by atoms with E-state index in [-0.39, 0.29) is 5.91 Å². The second kappa shape index (κ2) is 8.72. The number of aromatic nitrogens is 1. The Morgan fingerprint density at radius 3 is 2.59 bits per heavy atom. The Labute approximate surface area is 173 Å². The second-order valence-corrected chi connectivity index (χ2v) is 8.08. The highest BCUT2D eigenvalue weighted by Crippen LogP contribution is 2.29. The molecule has 154 valence electrons. The maximum atomic E-state index is 12.9. The van der Waals surface area contributed by atoms with Crippen molar-refractivity contribution >= 4 is 17.3 Å². The predicted molar refractivity (Wildman–Crippen MR) is 116 cm³/mol. The fraction of sp³-hybridized carbons (Fsp3) is 0.478. The first-order valence-corrected chi connectivity index (χ1v) is 10.5. The number of rotatable bonds is 4. The number of anilines is 2. The van der Waals surface area contributed by atoms with Gasteiger partial charge < -0.3 is 19.4 Å². The number of amides is 1. The van der Waals surface area contributed by atoms with Crippen LogP contribution in [-0.2, 0) is 0 Å². The number of benzene rings is 1. The number of nitrogens with zero attached hydrogens (tertiary/aromatic N) is 4. The Balaban J connectivity index is 1.42. The molecule has 2 saturated heterocycles. The summed E-state index contributed by atoms with van der Waals surface area (Å²) in [5, 5.41) is 0. The number of carbonyl (C=O) groups is 1. The minimum atomic E-state index is 0.110. The molecule has 4 rings (SSSR count). The van der Waals surface area contributed by atoms with E-state index in [9.17, 15) is 4.79 Å². The summed E-state index contributed by atoms with van der Waals surface area (Å²) in [6.45, 7) is 7.50. The van der Waals surface area contributed by atoms with Crippen LogP contribution in [0, 0.1) is 5.92 Å². The molecule has 1 aromatic carbocycles.